The molecule has 0 fully saturated rings. The van der Waals surface area contributed by atoms with Crippen LogP contribution in [0.15, 0.2) is 0 Å². The van der Waals surface area contributed by atoms with Crippen LogP contribution in [0.25, 0.3) is 0 Å². The van der Waals surface area contributed by atoms with Crippen LogP contribution in [0, 0.1) is 5.92 Å². The van der Waals surface area contributed by atoms with E-state index in [4.69, 9.17) is 10.2 Å². The Morgan fingerprint density at radius 3 is 2.29 bits per heavy atom. The van der Waals surface area contributed by atoms with Crippen molar-refractivity contribution in [3.63, 3.8) is 0 Å². The number of urea groups is 1. The van der Waals surface area contributed by atoms with Crippen LogP contribution in [0.3, 0.4) is 0 Å². The third-order valence-corrected chi connectivity index (χ3v) is 2.94. The molecule has 0 heterocycles. The summed E-state index contributed by atoms with van der Waals surface area (Å²) < 4.78 is 21.1. The Hall–Kier alpha value is -1.35. The molecule has 8 nitrogen and oxygen atoms in total. The second kappa shape index (κ2) is 6.40. The third-order valence-electron chi connectivity index (χ3n) is 2.17. The molecule has 2 unspecified atom stereocenters. The highest BCUT2D eigenvalue weighted by atomic mass is 32.2. The maximum atomic E-state index is 11.2. The summed E-state index contributed by atoms with van der Waals surface area (Å²) in [6, 6.07) is -1.20. The summed E-state index contributed by atoms with van der Waals surface area (Å²) in [6.07, 6.45) is 0. The van der Waals surface area contributed by atoms with E-state index in [1.165, 1.54) is 13.8 Å². The van der Waals surface area contributed by atoms with Crippen molar-refractivity contribution < 1.29 is 23.1 Å². The Bertz CT molecular complexity index is 381. The van der Waals surface area contributed by atoms with E-state index in [0.717, 1.165) is 0 Å². The molecule has 0 bridgehead atoms. The van der Waals surface area contributed by atoms with Crippen molar-refractivity contribution in [2.24, 2.45) is 11.1 Å². The zero-order valence-corrected chi connectivity index (χ0v) is 10.5. The quantitative estimate of drug-likeness (QED) is 0.473. The van der Waals surface area contributed by atoms with Crippen LogP contribution in [-0.2, 0) is 14.8 Å². The maximum absolute atomic E-state index is 11.2. The Morgan fingerprint density at radius 1 is 1.35 bits per heavy atom. The van der Waals surface area contributed by atoms with Gasteiger partial charge in [-0.2, -0.15) is 0 Å². The van der Waals surface area contributed by atoms with Gasteiger partial charge in [0, 0.05) is 12.6 Å². The molecule has 0 aliphatic rings. The molecule has 0 spiro atoms. The van der Waals surface area contributed by atoms with Crippen molar-refractivity contribution in [2.45, 2.75) is 19.9 Å². The summed E-state index contributed by atoms with van der Waals surface area (Å²) in [5, 5.41) is 18.1. The maximum Gasteiger partial charge on any atom is 0.315 e. The molecule has 100 valence electrons. The second-order valence-corrected chi connectivity index (χ2v) is 5.42. The van der Waals surface area contributed by atoms with Crippen LogP contribution in [0.5, 0.6) is 0 Å². The molecule has 0 aliphatic heterocycles. The van der Waals surface area contributed by atoms with Crippen LogP contribution in [0.1, 0.15) is 13.8 Å². The van der Waals surface area contributed by atoms with Gasteiger partial charge < -0.3 is 15.7 Å². The fourth-order valence-electron chi connectivity index (χ4n) is 0.903. The lowest BCUT2D eigenvalue weighted by Gasteiger charge is -2.17. The molecule has 9 heteroatoms. The van der Waals surface area contributed by atoms with E-state index in [-0.39, 0.29) is 12.3 Å². The SMILES string of the molecule is CC(NC(=O)NCCS(N)(=O)=O)C(C)C(=O)O. The van der Waals surface area contributed by atoms with E-state index in [9.17, 15) is 18.0 Å². The largest absolute Gasteiger partial charge is 0.481 e. The van der Waals surface area contributed by atoms with E-state index in [1.54, 1.807) is 0 Å². The Morgan fingerprint density at radius 2 is 1.88 bits per heavy atom. The first-order chi connectivity index (χ1) is 7.63. The van der Waals surface area contributed by atoms with Crippen molar-refractivity contribution in [3.8, 4) is 0 Å². The number of carbonyl (C=O) groups excluding carboxylic acids is 1. The molecule has 0 aliphatic carbocycles. The van der Waals surface area contributed by atoms with Crippen LogP contribution in [0.4, 0.5) is 4.79 Å². The average molecular weight is 267 g/mol. The number of rotatable bonds is 6. The summed E-state index contributed by atoms with van der Waals surface area (Å²) in [7, 11) is -3.61. The highest BCUT2D eigenvalue weighted by Gasteiger charge is 2.20. The fraction of sp³-hybridized carbons (Fsp3) is 0.750. The predicted molar refractivity (Wildman–Crippen MR) is 60.8 cm³/mol. The van der Waals surface area contributed by atoms with Gasteiger partial charge in [0.15, 0.2) is 0 Å². The van der Waals surface area contributed by atoms with Crippen LogP contribution in [-0.4, -0.2) is 43.9 Å². The minimum atomic E-state index is -3.61. The number of nitrogens with two attached hydrogens (primary N) is 1. The molecule has 0 radical (unpaired) electrons. The van der Waals surface area contributed by atoms with Crippen molar-refractivity contribution in [1.82, 2.24) is 10.6 Å². The molecular formula is C8H17N3O5S. The van der Waals surface area contributed by atoms with Gasteiger partial charge in [-0.3, -0.25) is 4.79 Å². The van der Waals surface area contributed by atoms with Gasteiger partial charge in [-0.15, -0.1) is 0 Å². The number of hydrogen-bond donors (Lipinski definition) is 4. The second-order valence-electron chi connectivity index (χ2n) is 3.68. The molecule has 5 N–H and O–H groups in total. The Kier molecular flexibility index (Phi) is 5.89. The minimum Gasteiger partial charge on any atom is -0.481 e. The minimum absolute atomic E-state index is 0.126. The van der Waals surface area contributed by atoms with Crippen molar-refractivity contribution >= 4 is 22.0 Å². The molecule has 0 saturated heterocycles. The van der Waals surface area contributed by atoms with Gasteiger partial charge in [-0.05, 0) is 13.8 Å². The van der Waals surface area contributed by atoms with Gasteiger partial charge in [0.05, 0.1) is 11.7 Å². The van der Waals surface area contributed by atoms with Gasteiger partial charge in [-0.25, -0.2) is 18.4 Å². The Balaban J connectivity index is 3.99. The lowest BCUT2D eigenvalue weighted by molar-refractivity contribution is -0.141. The average Bonchev–Trinajstić information content (AvgIpc) is 2.13. The van der Waals surface area contributed by atoms with Crippen LogP contribution < -0.4 is 15.8 Å². The number of nitrogens with one attached hydrogen (secondary N) is 2. The topological polar surface area (TPSA) is 139 Å². The van der Waals surface area contributed by atoms with Crippen molar-refractivity contribution in [1.29, 1.82) is 0 Å². The molecule has 0 rings (SSSR count). The van der Waals surface area contributed by atoms with E-state index < -0.39 is 34.0 Å². The summed E-state index contributed by atoms with van der Waals surface area (Å²) in [5.74, 6) is -2.13. The van der Waals surface area contributed by atoms with E-state index >= 15 is 0 Å². The predicted octanol–water partition coefficient (Wildman–Crippen LogP) is -1.32. The molecule has 2 amide bonds. The monoisotopic (exact) mass is 267 g/mol. The molecular weight excluding hydrogens is 250 g/mol. The van der Waals surface area contributed by atoms with E-state index in [1.807, 2.05) is 0 Å². The summed E-state index contributed by atoms with van der Waals surface area (Å²) in [6.45, 7) is 2.87. The Labute approximate surface area is 99.6 Å². The van der Waals surface area contributed by atoms with Gasteiger partial charge in [-0.1, -0.05) is 0 Å². The van der Waals surface area contributed by atoms with Crippen molar-refractivity contribution in [2.75, 3.05) is 12.3 Å². The number of sulfonamides is 1. The highest BCUT2D eigenvalue weighted by molar-refractivity contribution is 7.89. The smallest absolute Gasteiger partial charge is 0.315 e. The lowest BCUT2D eigenvalue weighted by Crippen LogP contribution is -2.46. The molecule has 0 aromatic rings. The lowest BCUT2D eigenvalue weighted by atomic mass is 10.0. The van der Waals surface area contributed by atoms with Gasteiger partial charge in [0.25, 0.3) is 0 Å². The van der Waals surface area contributed by atoms with Gasteiger partial charge in [0.2, 0.25) is 10.0 Å². The molecule has 0 aromatic heterocycles. The van der Waals surface area contributed by atoms with Gasteiger partial charge in [0.1, 0.15) is 0 Å². The molecule has 0 saturated carbocycles. The number of carboxylic acids is 1. The van der Waals surface area contributed by atoms with Crippen LogP contribution >= 0.6 is 0 Å². The number of hydrogen-bond acceptors (Lipinski definition) is 4. The number of carbonyl (C=O) groups is 2. The number of carboxylic acid groups (broad SMARTS) is 1. The first-order valence-corrected chi connectivity index (χ1v) is 6.62. The summed E-state index contributed by atoms with van der Waals surface area (Å²) in [4.78, 5) is 21.8. The summed E-state index contributed by atoms with van der Waals surface area (Å²) >= 11 is 0. The molecule has 2 atom stereocenters. The zero-order chi connectivity index (χ0) is 13.6. The van der Waals surface area contributed by atoms with Crippen LogP contribution in [0.2, 0.25) is 0 Å². The molecule has 0 aromatic carbocycles. The van der Waals surface area contributed by atoms with E-state index in [0.29, 0.717) is 0 Å². The summed E-state index contributed by atoms with van der Waals surface area (Å²) in [5.41, 5.74) is 0. The first kappa shape index (κ1) is 15.7. The number of primary sulfonamides is 1. The van der Waals surface area contributed by atoms with Gasteiger partial charge >= 0.3 is 12.0 Å². The first-order valence-electron chi connectivity index (χ1n) is 4.91. The standard InChI is InChI=1S/C8H17N3O5S/c1-5(7(12)13)6(2)11-8(14)10-3-4-17(9,15)16/h5-6H,3-4H2,1-2H3,(H,12,13)(H2,9,15,16)(H2,10,11,14). The highest BCUT2D eigenvalue weighted by Crippen LogP contribution is 2.01. The van der Waals surface area contributed by atoms with Crippen molar-refractivity contribution in [3.05, 3.63) is 0 Å². The zero-order valence-electron chi connectivity index (χ0n) is 9.63. The third kappa shape index (κ3) is 7.53. The van der Waals surface area contributed by atoms with E-state index in [2.05, 4.69) is 10.6 Å². The number of aliphatic carboxylic acids is 1. The fourth-order valence-corrected chi connectivity index (χ4v) is 1.29. The number of amides is 2. The molecule has 17 heavy (non-hydrogen) atoms. The normalized spacial score (nSPS) is 14.8.